The average molecular weight is 578 g/mol. The lowest BCUT2D eigenvalue weighted by Crippen LogP contribution is -2.45. The Balaban J connectivity index is 0.00000155. The second kappa shape index (κ2) is 14.8. The van der Waals surface area contributed by atoms with Gasteiger partial charge in [0.25, 0.3) is 5.56 Å². The number of hydrogen-bond acceptors (Lipinski definition) is 6. The Kier molecular flexibility index (Phi) is 11.2. The lowest BCUT2D eigenvalue weighted by atomic mass is 10.0. The Morgan fingerprint density at radius 1 is 0.929 bits per heavy atom. The van der Waals surface area contributed by atoms with E-state index in [1.54, 1.807) is 32.0 Å². The molecular formula is C32H33F2N3O5. The molecular weight excluding hydrogens is 544 g/mol. The van der Waals surface area contributed by atoms with E-state index >= 15 is 4.39 Å². The van der Waals surface area contributed by atoms with Crippen LogP contribution >= 0.6 is 0 Å². The number of carbonyl (C=O) groups excluding carboxylic acids is 2. The van der Waals surface area contributed by atoms with Crippen LogP contribution < -0.4 is 21.3 Å². The zero-order valence-corrected chi connectivity index (χ0v) is 23.9. The van der Waals surface area contributed by atoms with Crippen LogP contribution in [0.1, 0.15) is 41.8 Å². The highest BCUT2D eigenvalue weighted by Gasteiger charge is 2.24. The number of nitrogens with one attached hydrogen (secondary N) is 1. The summed E-state index contributed by atoms with van der Waals surface area (Å²) in [6, 6.07) is 18.4. The zero-order chi connectivity index (χ0) is 30.8. The number of aromatic nitrogens is 2. The van der Waals surface area contributed by atoms with Crippen LogP contribution in [-0.2, 0) is 22.7 Å². The van der Waals surface area contributed by atoms with E-state index in [9.17, 15) is 14.0 Å². The van der Waals surface area contributed by atoms with Crippen LogP contribution in [0.5, 0.6) is 5.75 Å². The fourth-order valence-electron chi connectivity index (χ4n) is 4.82. The molecule has 0 unspecified atom stereocenters. The fourth-order valence-corrected chi connectivity index (χ4v) is 4.82. The number of hydrogen-bond donors (Lipinski definition) is 1. The van der Waals surface area contributed by atoms with Crippen molar-refractivity contribution in [3.63, 3.8) is 0 Å². The normalized spacial score (nSPS) is 11.3. The summed E-state index contributed by atoms with van der Waals surface area (Å²) < 4.78 is 38.0. The molecule has 0 saturated carbocycles. The van der Waals surface area contributed by atoms with Crippen molar-refractivity contribution in [1.82, 2.24) is 14.5 Å². The number of methoxy groups -OCH3 is 1. The molecule has 1 heterocycles. The summed E-state index contributed by atoms with van der Waals surface area (Å²) in [4.78, 5) is 44.2. The van der Waals surface area contributed by atoms with Crippen molar-refractivity contribution in [2.75, 3.05) is 13.7 Å². The first-order chi connectivity index (χ1) is 20.2. The molecule has 1 atom stereocenters. The van der Waals surface area contributed by atoms with E-state index in [0.717, 1.165) is 16.6 Å². The quantitative estimate of drug-likeness (QED) is 0.291. The van der Waals surface area contributed by atoms with Gasteiger partial charge in [0.15, 0.2) is 11.6 Å². The maximum Gasteiger partial charge on any atom is 0.373 e. The van der Waals surface area contributed by atoms with Gasteiger partial charge in [0.05, 0.1) is 31.8 Å². The molecule has 1 N–H and O–H groups in total. The second-order valence-electron chi connectivity index (χ2n) is 9.60. The van der Waals surface area contributed by atoms with Crippen molar-refractivity contribution in [1.29, 1.82) is 0 Å². The summed E-state index contributed by atoms with van der Waals surface area (Å²) in [5.41, 5.74) is 0.979. The molecule has 0 radical (unpaired) electrons. The first kappa shape index (κ1) is 31.9. The maximum atomic E-state index is 15.5. The van der Waals surface area contributed by atoms with Gasteiger partial charge in [0.1, 0.15) is 5.82 Å². The number of aryl methyl sites for hydroxylation is 1. The van der Waals surface area contributed by atoms with Gasteiger partial charge >= 0.3 is 11.8 Å². The molecule has 0 aliphatic rings. The van der Waals surface area contributed by atoms with Crippen LogP contribution in [0.25, 0.3) is 11.1 Å². The summed E-state index contributed by atoms with van der Waals surface area (Å²) >= 11 is 0. The van der Waals surface area contributed by atoms with Gasteiger partial charge in [-0.25, -0.2) is 13.6 Å². The summed E-state index contributed by atoms with van der Waals surface area (Å²) in [6.45, 7) is 5.94. The number of rotatable bonds is 10. The standard InChI is InChI=1S/C31H33F2N3O3.CO2/c1-5-17-34-26(22-12-7-6-8-13-22)19-36-30(37)28(23-14-10-16-27(39-4)29(23)33)21(3)35(31(36)38)18-24-20(2)11-9-15-25(24)32;2-1-3/h6-16,26,34H,5,17-19H2,1-4H3;/t26-;/m0./s1. The van der Waals surface area contributed by atoms with E-state index in [4.69, 9.17) is 14.3 Å². The van der Waals surface area contributed by atoms with Gasteiger partial charge in [-0.05, 0) is 50.1 Å². The summed E-state index contributed by atoms with van der Waals surface area (Å²) in [5, 5.41) is 3.42. The van der Waals surface area contributed by atoms with E-state index in [1.165, 1.54) is 29.9 Å². The van der Waals surface area contributed by atoms with Crippen LogP contribution in [-0.4, -0.2) is 28.9 Å². The largest absolute Gasteiger partial charge is 0.494 e. The Morgan fingerprint density at radius 3 is 2.21 bits per heavy atom. The Hall–Kier alpha value is -4.66. The van der Waals surface area contributed by atoms with Gasteiger partial charge in [-0.15, -0.1) is 0 Å². The van der Waals surface area contributed by atoms with E-state index < -0.39 is 22.9 Å². The predicted octanol–water partition coefficient (Wildman–Crippen LogP) is 4.79. The maximum absolute atomic E-state index is 15.5. The first-order valence-corrected chi connectivity index (χ1v) is 13.4. The predicted molar refractivity (Wildman–Crippen MR) is 154 cm³/mol. The van der Waals surface area contributed by atoms with Crippen LogP contribution in [0, 0.1) is 25.5 Å². The highest BCUT2D eigenvalue weighted by atomic mass is 19.1. The van der Waals surface area contributed by atoms with Crippen molar-refractivity contribution < 1.29 is 23.1 Å². The van der Waals surface area contributed by atoms with Crippen molar-refractivity contribution in [3.8, 4) is 16.9 Å². The lowest BCUT2D eigenvalue weighted by Gasteiger charge is -2.23. The minimum absolute atomic E-state index is 0.0107. The molecule has 3 aromatic carbocycles. The zero-order valence-electron chi connectivity index (χ0n) is 23.9. The van der Waals surface area contributed by atoms with Crippen LogP contribution in [0.15, 0.2) is 76.3 Å². The van der Waals surface area contributed by atoms with E-state index in [0.29, 0.717) is 17.7 Å². The Morgan fingerprint density at radius 2 is 1.60 bits per heavy atom. The molecule has 0 saturated heterocycles. The third kappa shape index (κ3) is 6.97. The fraction of sp³-hybridized carbons (Fsp3) is 0.281. The second-order valence-corrected chi connectivity index (χ2v) is 9.60. The highest BCUT2D eigenvalue weighted by molar-refractivity contribution is 5.67. The minimum Gasteiger partial charge on any atom is -0.494 e. The minimum atomic E-state index is -0.706. The molecule has 10 heteroatoms. The molecule has 1 aromatic heterocycles. The van der Waals surface area contributed by atoms with Crippen LogP contribution in [0.4, 0.5) is 8.78 Å². The Bertz CT molecular complexity index is 1660. The van der Waals surface area contributed by atoms with Crippen LogP contribution in [0.3, 0.4) is 0 Å². The highest BCUT2D eigenvalue weighted by Crippen LogP contribution is 2.29. The van der Waals surface area contributed by atoms with Gasteiger partial charge in [0.2, 0.25) is 0 Å². The lowest BCUT2D eigenvalue weighted by molar-refractivity contribution is -0.191. The molecule has 42 heavy (non-hydrogen) atoms. The number of halogens is 2. The molecule has 4 aromatic rings. The smallest absolute Gasteiger partial charge is 0.373 e. The van der Waals surface area contributed by atoms with E-state index in [-0.39, 0.29) is 47.9 Å². The number of nitrogens with zero attached hydrogens (tertiary/aromatic N) is 2. The van der Waals surface area contributed by atoms with Gasteiger partial charge in [0, 0.05) is 16.8 Å². The third-order valence-electron chi connectivity index (χ3n) is 7.02. The van der Waals surface area contributed by atoms with Crippen molar-refractivity contribution in [2.24, 2.45) is 0 Å². The van der Waals surface area contributed by atoms with Gasteiger partial charge in [-0.3, -0.25) is 13.9 Å². The number of ether oxygens (including phenoxy) is 1. The molecule has 0 aliphatic heterocycles. The topological polar surface area (TPSA) is 99.4 Å². The van der Waals surface area contributed by atoms with Crippen LogP contribution in [0.2, 0.25) is 0 Å². The van der Waals surface area contributed by atoms with Gasteiger partial charge in [-0.2, -0.15) is 9.59 Å². The molecule has 0 fully saturated rings. The SMILES string of the molecule is CCCN[C@@H](Cn1c(=O)c(-c2cccc(OC)c2F)c(C)n(Cc2c(C)cccc2F)c1=O)c1ccccc1.O=C=O. The molecule has 0 spiro atoms. The molecule has 8 nitrogen and oxygen atoms in total. The van der Waals surface area contributed by atoms with E-state index in [1.807, 2.05) is 37.3 Å². The molecule has 0 bridgehead atoms. The first-order valence-electron chi connectivity index (χ1n) is 13.4. The van der Waals surface area contributed by atoms with E-state index in [2.05, 4.69) is 5.32 Å². The molecule has 0 aliphatic carbocycles. The van der Waals surface area contributed by atoms with Crippen molar-refractivity contribution >= 4 is 6.15 Å². The van der Waals surface area contributed by atoms with Gasteiger partial charge < -0.3 is 10.1 Å². The third-order valence-corrected chi connectivity index (χ3v) is 7.02. The summed E-state index contributed by atoms with van der Waals surface area (Å²) in [7, 11) is 1.35. The summed E-state index contributed by atoms with van der Waals surface area (Å²) in [6.07, 6.45) is 1.10. The Labute approximate surface area is 242 Å². The molecule has 0 amide bonds. The number of benzene rings is 3. The van der Waals surface area contributed by atoms with Crippen molar-refractivity contribution in [2.45, 2.75) is 46.3 Å². The molecule has 4 rings (SSSR count). The van der Waals surface area contributed by atoms with Crippen molar-refractivity contribution in [3.05, 3.63) is 122 Å². The summed E-state index contributed by atoms with van der Waals surface area (Å²) in [5.74, 6) is -1.19. The van der Waals surface area contributed by atoms with Gasteiger partial charge in [-0.1, -0.05) is 61.5 Å². The monoisotopic (exact) mass is 577 g/mol. The average Bonchev–Trinajstić information content (AvgIpc) is 2.98. The molecule has 220 valence electrons.